The Bertz CT molecular complexity index is 742. The van der Waals surface area contributed by atoms with E-state index in [0.29, 0.717) is 18.0 Å². The first-order chi connectivity index (χ1) is 13.0. The molecule has 3 rings (SSSR count). The fourth-order valence-corrected chi connectivity index (χ4v) is 3.84. The first-order valence-electron chi connectivity index (χ1n) is 9.59. The Kier molecular flexibility index (Phi) is 6.91. The third-order valence-corrected chi connectivity index (χ3v) is 5.35. The summed E-state index contributed by atoms with van der Waals surface area (Å²) in [7, 11) is 1.96. The number of hydrogen-bond donors (Lipinski definition) is 0. The number of rotatable bonds is 7. The van der Waals surface area contributed by atoms with E-state index in [1.54, 1.807) is 24.3 Å². The third-order valence-electron chi connectivity index (χ3n) is 5.35. The number of likely N-dealkylation sites (tertiary alicyclic amines) is 1. The molecule has 0 aliphatic carbocycles. The van der Waals surface area contributed by atoms with Crippen molar-refractivity contribution < 1.29 is 13.2 Å². The highest BCUT2D eigenvalue weighted by atomic mass is 19.2. The molecule has 2 nitrogen and oxygen atoms in total. The molecule has 1 heterocycles. The van der Waals surface area contributed by atoms with Gasteiger partial charge in [-0.05, 0) is 69.1 Å². The molecular weight excluding hydrogens is 349 g/mol. The van der Waals surface area contributed by atoms with Gasteiger partial charge in [0.05, 0.1) is 0 Å². The van der Waals surface area contributed by atoms with Crippen LogP contribution in [-0.4, -0.2) is 43.0 Å². The van der Waals surface area contributed by atoms with Gasteiger partial charge in [-0.1, -0.05) is 24.3 Å². The van der Waals surface area contributed by atoms with Gasteiger partial charge in [-0.3, -0.25) is 0 Å². The largest absolute Gasteiger partial charge is 0.303 e. The minimum Gasteiger partial charge on any atom is -0.303 e. The van der Waals surface area contributed by atoms with Gasteiger partial charge in [0.2, 0.25) is 0 Å². The SMILES string of the molecule is CN(Cc1cccc(F)c1F)CC1CCN(CCc2cccc(F)c2)CC1. The number of hydrogen-bond acceptors (Lipinski definition) is 2. The van der Waals surface area contributed by atoms with Gasteiger partial charge >= 0.3 is 0 Å². The van der Waals surface area contributed by atoms with Crippen molar-refractivity contribution in [3.05, 3.63) is 71.0 Å². The van der Waals surface area contributed by atoms with Crippen LogP contribution in [0.5, 0.6) is 0 Å². The number of nitrogens with zero attached hydrogens (tertiary/aromatic N) is 2. The van der Waals surface area contributed by atoms with E-state index >= 15 is 0 Å². The van der Waals surface area contributed by atoms with Crippen LogP contribution in [0.25, 0.3) is 0 Å². The molecule has 0 bridgehead atoms. The molecule has 0 amide bonds. The van der Waals surface area contributed by atoms with Crippen molar-refractivity contribution in [3.8, 4) is 0 Å². The molecule has 0 N–H and O–H groups in total. The zero-order valence-corrected chi connectivity index (χ0v) is 15.8. The third kappa shape index (κ3) is 5.81. The molecule has 0 atom stereocenters. The molecule has 0 saturated carbocycles. The van der Waals surface area contributed by atoms with Crippen LogP contribution in [0.4, 0.5) is 13.2 Å². The molecule has 0 radical (unpaired) electrons. The van der Waals surface area contributed by atoms with Gasteiger partial charge in [0, 0.05) is 25.2 Å². The van der Waals surface area contributed by atoms with E-state index in [-0.39, 0.29) is 5.82 Å². The van der Waals surface area contributed by atoms with Crippen LogP contribution in [-0.2, 0) is 13.0 Å². The summed E-state index contributed by atoms with van der Waals surface area (Å²) in [6.45, 7) is 4.31. The molecule has 146 valence electrons. The fraction of sp³-hybridized carbons (Fsp3) is 0.455. The van der Waals surface area contributed by atoms with Crippen molar-refractivity contribution >= 4 is 0 Å². The van der Waals surface area contributed by atoms with E-state index in [4.69, 9.17) is 0 Å². The zero-order chi connectivity index (χ0) is 19.2. The van der Waals surface area contributed by atoms with Crippen LogP contribution in [0.2, 0.25) is 0 Å². The Morgan fingerprint density at radius 3 is 2.52 bits per heavy atom. The van der Waals surface area contributed by atoms with Gasteiger partial charge < -0.3 is 9.80 Å². The number of benzene rings is 2. The molecule has 0 spiro atoms. The van der Waals surface area contributed by atoms with Crippen molar-refractivity contribution in [2.45, 2.75) is 25.8 Å². The molecule has 27 heavy (non-hydrogen) atoms. The molecule has 1 aliphatic heterocycles. The Hall–Kier alpha value is -1.85. The number of halogens is 3. The summed E-state index contributed by atoms with van der Waals surface area (Å²) >= 11 is 0. The average molecular weight is 376 g/mol. The van der Waals surface area contributed by atoms with E-state index in [9.17, 15) is 13.2 Å². The molecule has 5 heteroatoms. The standard InChI is InChI=1S/C22H27F3N2/c1-26(16-19-5-3-7-21(24)22(19)25)15-18-9-12-27(13-10-18)11-8-17-4-2-6-20(23)14-17/h2-7,14,18H,8-13,15-16H2,1H3. The second-order valence-corrected chi connectivity index (χ2v) is 7.57. The van der Waals surface area contributed by atoms with Gasteiger partial charge in [0.1, 0.15) is 5.82 Å². The van der Waals surface area contributed by atoms with Crippen LogP contribution >= 0.6 is 0 Å². The van der Waals surface area contributed by atoms with Crippen molar-refractivity contribution in [2.24, 2.45) is 5.92 Å². The molecule has 2 aromatic rings. The Labute approximate surface area is 159 Å². The number of piperidine rings is 1. The minimum absolute atomic E-state index is 0.177. The quantitative estimate of drug-likeness (QED) is 0.703. The summed E-state index contributed by atoms with van der Waals surface area (Å²) < 4.78 is 40.4. The Morgan fingerprint density at radius 2 is 1.78 bits per heavy atom. The predicted molar refractivity (Wildman–Crippen MR) is 102 cm³/mol. The molecule has 0 aromatic heterocycles. The zero-order valence-electron chi connectivity index (χ0n) is 15.8. The van der Waals surface area contributed by atoms with Crippen LogP contribution in [0, 0.1) is 23.4 Å². The van der Waals surface area contributed by atoms with E-state index in [1.165, 1.54) is 6.07 Å². The maximum atomic E-state index is 13.8. The van der Waals surface area contributed by atoms with Crippen molar-refractivity contribution in [1.29, 1.82) is 0 Å². The molecule has 1 fully saturated rings. The van der Waals surface area contributed by atoms with Crippen molar-refractivity contribution in [2.75, 3.05) is 33.2 Å². The lowest BCUT2D eigenvalue weighted by Crippen LogP contribution is -2.38. The first kappa shape index (κ1) is 19.9. The van der Waals surface area contributed by atoms with Crippen LogP contribution < -0.4 is 0 Å². The van der Waals surface area contributed by atoms with Gasteiger partial charge in [0.15, 0.2) is 11.6 Å². The highest BCUT2D eigenvalue weighted by molar-refractivity contribution is 5.19. The Morgan fingerprint density at radius 1 is 1.04 bits per heavy atom. The molecule has 1 aliphatic rings. The van der Waals surface area contributed by atoms with Gasteiger partial charge in [-0.15, -0.1) is 0 Å². The second-order valence-electron chi connectivity index (χ2n) is 7.57. The minimum atomic E-state index is -0.785. The lowest BCUT2D eigenvalue weighted by molar-refractivity contribution is 0.152. The highest BCUT2D eigenvalue weighted by Crippen LogP contribution is 2.20. The highest BCUT2D eigenvalue weighted by Gasteiger charge is 2.21. The first-order valence-corrected chi connectivity index (χ1v) is 9.59. The van der Waals surface area contributed by atoms with Crippen LogP contribution in [0.15, 0.2) is 42.5 Å². The van der Waals surface area contributed by atoms with Crippen LogP contribution in [0.3, 0.4) is 0 Å². The summed E-state index contributed by atoms with van der Waals surface area (Å²) in [5.74, 6) is -1.13. The van der Waals surface area contributed by atoms with Gasteiger partial charge in [0.25, 0.3) is 0 Å². The molecule has 1 saturated heterocycles. The predicted octanol–water partition coefficient (Wildman–Crippen LogP) is 4.49. The smallest absolute Gasteiger partial charge is 0.163 e. The lowest BCUT2D eigenvalue weighted by Gasteiger charge is -2.34. The Balaban J connectivity index is 1.40. The van der Waals surface area contributed by atoms with E-state index in [1.807, 2.05) is 13.1 Å². The van der Waals surface area contributed by atoms with Gasteiger partial charge in [-0.25, -0.2) is 13.2 Å². The van der Waals surface area contributed by atoms with Crippen molar-refractivity contribution in [1.82, 2.24) is 9.80 Å². The summed E-state index contributed by atoms with van der Waals surface area (Å²) in [5, 5.41) is 0. The van der Waals surface area contributed by atoms with Crippen molar-refractivity contribution in [3.63, 3.8) is 0 Å². The second kappa shape index (κ2) is 9.38. The molecule has 2 aromatic carbocycles. The molecular formula is C22H27F3N2. The summed E-state index contributed by atoms with van der Waals surface area (Å²) in [6.07, 6.45) is 3.05. The maximum absolute atomic E-state index is 13.8. The summed E-state index contributed by atoms with van der Waals surface area (Å²) in [4.78, 5) is 4.50. The van der Waals surface area contributed by atoms with Gasteiger partial charge in [-0.2, -0.15) is 0 Å². The lowest BCUT2D eigenvalue weighted by atomic mass is 9.95. The van der Waals surface area contributed by atoms with E-state index in [0.717, 1.165) is 57.1 Å². The normalized spacial score (nSPS) is 16.2. The monoisotopic (exact) mass is 376 g/mol. The fourth-order valence-electron chi connectivity index (χ4n) is 3.84. The summed E-state index contributed by atoms with van der Waals surface area (Å²) in [6, 6.07) is 11.2. The summed E-state index contributed by atoms with van der Waals surface area (Å²) in [5.41, 5.74) is 1.44. The topological polar surface area (TPSA) is 6.48 Å². The van der Waals surface area contributed by atoms with Crippen LogP contribution in [0.1, 0.15) is 24.0 Å². The van der Waals surface area contributed by atoms with E-state index < -0.39 is 11.6 Å². The average Bonchev–Trinajstić information content (AvgIpc) is 2.65. The molecule has 0 unspecified atom stereocenters. The van der Waals surface area contributed by atoms with E-state index in [2.05, 4.69) is 9.80 Å². The maximum Gasteiger partial charge on any atom is 0.163 e.